The first-order valence-corrected chi connectivity index (χ1v) is 11.7. The van der Waals surface area contributed by atoms with Crippen molar-refractivity contribution in [2.75, 3.05) is 18.1 Å². The molecule has 194 valence electrons. The summed E-state index contributed by atoms with van der Waals surface area (Å²) in [6.45, 7) is 3.73. The monoisotopic (exact) mass is 517 g/mol. The molecular formula is C20H27N3O11S. The number of hydrogen-bond acceptors (Lipinski definition) is 13. The molecule has 35 heavy (non-hydrogen) atoms. The fraction of sp³-hybridized carbons (Fsp3) is 0.500. The van der Waals surface area contributed by atoms with Crippen molar-refractivity contribution < 1.29 is 51.3 Å². The van der Waals surface area contributed by atoms with Crippen molar-refractivity contribution in [3.8, 4) is 0 Å². The zero-order valence-corrected chi connectivity index (χ0v) is 20.2. The summed E-state index contributed by atoms with van der Waals surface area (Å²) < 4.78 is 54.7. The number of ether oxygens (including phenoxy) is 5. The third-order valence-corrected chi connectivity index (χ3v) is 6.08. The minimum absolute atomic E-state index is 0.178. The van der Waals surface area contributed by atoms with E-state index in [1.54, 1.807) is 0 Å². The van der Waals surface area contributed by atoms with Gasteiger partial charge in [-0.2, -0.15) is 4.72 Å². The lowest BCUT2D eigenvalue weighted by molar-refractivity contribution is -0.254. The van der Waals surface area contributed by atoms with Gasteiger partial charge in [-0.05, 0) is 18.2 Å². The molecule has 0 radical (unpaired) electrons. The third-order valence-electron chi connectivity index (χ3n) is 4.59. The van der Waals surface area contributed by atoms with Crippen molar-refractivity contribution in [2.45, 2.75) is 63.2 Å². The highest BCUT2D eigenvalue weighted by Crippen LogP contribution is 2.30. The van der Waals surface area contributed by atoms with Crippen LogP contribution >= 0.6 is 0 Å². The van der Waals surface area contributed by atoms with Crippen LogP contribution in [-0.4, -0.2) is 69.5 Å². The van der Waals surface area contributed by atoms with E-state index in [-0.39, 0.29) is 16.3 Å². The Bertz CT molecular complexity index is 1090. The lowest BCUT2D eigenvalue weighted by atomic mass is 9.97. The Balaban J connectivity index is 2.54. The Labute approximate surface area is 201 Å². The highest BCUT2D eigenvalue weighted by Gasteiger charge is 2.53. The van der Waals surface area contributed by atoms with Crippen molar-refractivity contribution >= 4 is 45.3 Å². The molecule has 5 atom stereocenters. The number of carbonyl (C=O) groups excluding carboxylic acids is 4. The molecule has 1 aliphatic heterocycles. The lowest BCUT2D eigenvalue weighted by Gasteiger charge is -2.44. The van der Waals surface area contributed by atoms with Crippen LogP contribution in [0.2, 0.25) is 0 Å². The van der Waals surface area contributed by atoms with E-state index in [1.165, 1.54) is 12.1 Å². The van der Waals surface area contributed by atoms with Gasteiger partial charge in [0.15, 0.2) is 24.5 Å². The molecule has 1 fully saturated rings. The van der Waals surface area contributed by atoms with Gasteiger partial charge in [0.25, 0.3) is 0 Å². The average molecular weight is 518 g/mol. The maximum absolute atomic E-state index is 13.1. The van der Waals surface area contributed by atoms with Gasteiger partial charge in [-0.1, -0.05) is 0 Å². The van der Waals surface area contributed by atoms with Crippen LogP contribution in [0.4, 0.5) is 11.4 Å². The van der Waals surface area contributed by atoms with E-state index in [0.717, 1.165) is 33.8 Å². The van der Waals surface area contributed by atoms with Crippen LogP contribution in [0.3, 0.4) is 0 Å². The zero-order valence-electron chi connectivity index (χ0n) is 19.4. The van der Waals surface area contributed by atoms with Crippen molar-refractivity contribution in [1.29, 1.82) is 0 Å². The molecule has 5 N–H and O–H groups in total. The van der Waals surface area contributed by atoms with Gasteiger partial charge in [-0.15, -0.1) is 0 Å². The molecule has 3 unspecified atom stereocenters. The van der Waals surface area contributed by atoms with E-state index in [2.05, 4.69) is 4.72 Å². The number of benzene rings is 1. The fourth-order valence-electron chi connectivity index (χ4n) is 3.35. The van der Waals surface area contributed by atoms with Crippen LogP contribution in [0.5, 0.6) is 0 Å². The second-order valence-electron chi connectivity index (χ2n) is 7.54. The summed E-state index contributed by atoms with van der Waals surface area (Å²) in [6, 6.07) is 3.68. The topological polar surface area (TPSA) is 213 Å². The molecule has 1 saturated heterocycles. The number of sulfonamides is 1. The Kier molecular flexibility index (Phi) is 9.00. The van der Waals surface area contributed by atoms with Gasteiger partial charge in [0.2, 0.25) is 10.0 Å². The number of rotatable bonds is 8. The van der Waals surface area contributed by atoms with Gasteiger partial charge in [0.05, 0.1) is 5.69 Å². The van der Waals surface area contributed by atoms with E-state index in [1.807, 2.05) is 0 Å². The van der Waals surface area contributed by atoms with Crippen LogP contribution in [0.15, 0.2) is 23.1 Å². The smallest absolute Gasteiger partial charge is 0.303 e. The van der Waals surface area contributed by atoms with Gasteiger partial charge >= 0.3 is 23.9 Å². The minimum Gasteiger partial charge on any atom is -0.463 e. The second-order valence-corrected chi connectivity index (χ2v) is 9.22. The summed E-state index contributed by atoms with van der Waals surface area (Å²) in [5.74, 6) is -3.28. The number of nitrogens with two attached hydrogens (primary N) is 2. The number of anilines is 2. The maximum atomic E-state index is 13.1. The van der Waals surface area contributed by atoms with Crippen LogP contribution in [0.25, 0.3) is 0 Å². The molecular weight excluding hydrogens is 490 g/mol. The van der Waals surface area contributed by atoms with Gasteiger partial charge in [0.1, 0.15) is 17.6 Å². The van der Waals surface area contributed by atoms with Crippen molar-refractivity contribution in [3.05, 3.63) is 18.2 Å². The molecule has 1 aliphatic rings. The van der Waals surface area contributed by atoms with Crippen molar-refractivity contribution in [1.82, 2.24) is 4.72 Å². The van der Waals surface area contributed by atoms with E-state index in [0.29, 0.717) is 0 Å². The summed E-state index contributed by atoms with van der Waals surface area (Å²) in [5, 5.41) is 0. The Hall–Kier alpha value is -3.43. The Morgan fingerprint density at radius 2 is 1.43 bits per heavy atom. The molecule has 15 heteroatoms. The predicted molar refractivity (Wildman–Crippen MR) is 118 cm³/mol. The zero-order chi connectivity index (χ0) is 26.5. The molecule has 1 heterocycles. The third kappa shape index (κ3) is 7.53. The van der Waals surface area contributed by atoms with Crippen LogP contribution in [0.1, 0.15) is 27.7 Å². The second kappa shape index (κ2) is 11.3. The SMILES string of the molecule is CC(=O)OCC1O[C@@H](NS(=O)(=O)c2ccc(N)cc2N)C(OC(C)=O)C(OC(C)=O)[C@@H]1OC(C)=O. The van der Waals surface area contributed by atoms with Crippen molar-refractivity contribution in [3.63, 3.8) is 0 Å². The molecule has 0 aliphatic carbocycles. The normalized spacial score (nSPS) is 24.2. The molecule has 0 bridgehead atoms. The average Bonchev–Trinajstić information content (AvgIpc) is 2.69. The summed E-state index contributed by atoms with van der Waals surface area (Å²) in [4.78, 5) is 46.4. The van der Waals surface area contributed by atoms with Crippen molar-refractivity contribution in [2.24, 2.45) is 0 Å². The molecule has 1 aromatic carbocycles. The molecule has 0 amide bonds. The van der Waals surface area contributed by atoms with Crippen LogP contribution in [-0.2, 0) is 52.9 Å². The van der Waals surface area contributed by atoms with Crippen LogP contribution in [0, 0.1) is 0 Å². The Morgan fingerprint density at radius 1 is 0.886 bits per heavy atom. The Morgan fingerprint density at radius 3 is 1.94 bits per heavy atom. The summed E-state index contributed by atoms with van der Waals surface area (Å²) >= 11 is 0. The summed E-state index contributed by atoms with van der Waals surface area (Å²) in [7, 11) is -4.43. The minimum atomic E-state index is -4.43. The maximum Gasteiger partial charge on any atom is 0.303 e. The van der Waals surface area contributed by atoms with Crippen LogP contribution < -0.4 is 16.2 Å². The number of hydrogen-bond donors (Lipinski definition) is 3. The van der Waals surface area contributed by atoms with E-state index >= 15 is 0 Å². The van der Waals surface area contributed by atoms with Gasteiger partial charge in [-0.25, -0.2) is 8.42 Å². The van der Waals surface area contributed by atoms with E-state index in [4.69, 9.17) is 35.2 Å². The van der Waals surface area contributed by atoms with E-state index in [9.17, 15) is 27.6 Å². The summed E-state index contributed by atoms with van der Waals surface area (Å²) in [6.07, 6.45) is -7.58. The fourth-order valence-corrected chi connectivity index (χ4v) is 4.59. The highest BCUT2D eigenvalue weighted by atomic mass is 32.2. The molecule has 2 rings (SSSR count). The molecule has 14 nitrogen and oxygen atoms in total. The quantitative estimate of drug-likeness (QED) is 0.219. The number of esters is 4. The first kappa shape index (κ1) is 27.8. The molecule has 0 aromatic heterocycles. The number of carbonyl (C=O) groups is 4. The van der Waals surface area contributed by atoms with Gasteiger partial charge in [0, 0.05) is 33.4 Å². The predicted octanol–water partition coefficient (Wildman–Crippen LogP) is -0.788. The summed E-state index contributed by atoms with van der Waals surface area (Å²) in [5.41, 5.74) is 11.5. The molecule has 0 saturated carbocycles. The number of nitrogens with one attached hydrogen (secondary N) is 1. The standard InChI is InChI=1S/C20H27N3O11S/c1-9(24)30-8-15-17(31-10(2)25)18(32-11(3)26)19(33-12(4)27)20(34-15)23-35(28,29)16-6-5-13(21)7-14(16)22/h5-7,15,17-20,23H,8,21-22H2,1-4H3/t15?,17-,18?,19?,20-/m1/s1. The number of nitrogen functional groups attached to an aromatic ring is 2. The molecule has 1 aromatic rings. The molecule has 0 spiro atoms. The van der Waals surface area contributed by atoms with Gasteiger partial charge in [-0.3, -0.25) is 19.2 Å². The largest absolute Gasteiger partial charge is 0.463 e. The first-order valence-electron chi connectivity index (χ1n) is 10.2. The highest BCUT2D eigenvalue weighted by molar-refractivity contribution is 7.89. The van der Waals surface area contributed by atoms with E-state index < -0.39 is 71.2 Å². The van der Waals surface area contributed by atoms with Gasteiger partial charge < -0.3 is 35.2 Å². The first-order chi connectivity index (χ1) is 16.2. The lowest BCUT2D eigenvalue weighted by Crippen LogP contribution is -2.66.